The molecule has 0 aliphatic rings. The lowest BCUT2D eigenvalue weighted by Crippen LogP contribution is -2.14. The van der Waals surface area contributed by atoms with Gasteiger partial charge >= 0.3 is 0 Å². The molecule has 4 nitrogen and oxygen atoms in total. The summed E-state index contributed by atoms with van der Waals surface area (Å²) >= 11 is 8.49. The van der Waals surface area contributed by atoms with Gasteiger partial charge in [-0.3, -0.25) is 4.68 Å². The Labute approximate surface area is 126 Å². The summed E-state index contributed by atoms with van der Waals surface area (Å²) in [6, 6.07) is 7.83. The Kier molecular flexibility index (Phi) is 4.55. The minimum Gasteiger partial charge on any atom is -0.389 e. The van der Waals surface area contributed by atoms with E-state index in [0.29, 0.717) is 4.99 Å². The lowest BCUT2D eigenvalue weighted by atomic mass is 10.1. The van der Waals surface area contributed by atoms with Crippen molar-refractivity contribution in [1.29, 1.82) is 0 Å². The molecule has 0 bridgehead atoms. The largest absolute Gasteiger partial charge is 0.389 e. The first kappa shape index (κ1) is 14.0. The molecule has 1 heterocycles. The SMILES string of the molecule is Cn1ccc(CCNc2cc(Br)ccc2C(N)=S)n1. The average molecular weight is 339 g/mol. The number of nitrogens with one attached hydrogen (secondary N) is 1. The number of benzene rings is 1. The number of halogens is 1. The van der Waals surface area contributed by atoms with Gasteiger partial charge in [0.1, 0.15) is 4.99 Å². The molecule has 0 amide bonds. The molecule has 3 N–H and O–H groups in total. The number of hydrogen-bond acceptors (Lipinski definition) is 3. The van der Waals surface area contributed by atoms with Gasteiger partial charge in [-0.25, -0.2) is 0 Å². The predicted octanol–water partition coefficient (Wildman–Crippen LogP) is 2.47. The van der Waals surface area contributed by atoms with Gasteiger partial charge in [0.25, 0.3) is 0 Å². The van der Waals surface area contributed by atoms with E-state index < -0.39 is 0 Å². The van der Waals surface area contributed by atoms with Gasteiger partial charge in [0, 0.05) is 41.9 Å². The zero-order valence-corrected chi connectivity index (χ0v) is 13.0. The monoisotopic (exact) mass is 338 g/mol. The second-order valence-corrected chi connectivity index (χ2v) is 5.57. The van der Waals surface area contributed by atoms with E-state index in [1.54, 1.807) is 4.68 Å². The molecule has 0 aliphatic heterocycles. The van der Waals surface area contributed by atoms with E-state index >= 15 is 0 Å². The van der Waals surface area contributed by atoms with E-state index in [1.807, 2.05) is 37.5 Å². The van der Waals surface area contributed by atoms with Gasteiger partial charge in [-0.1, -0.05) is 28.1 Å². The molecule has 6 heteroatoms. The molecule has 1 aromatic carbocycles. The van der Waals surface area contributed by atoms with Crippen LogP contribution >= 0.6 is 28.1 Å². The first-order valence-electron chi connectivity index (χ1n) is 5.88. The van der Waals surface area contributed by atoms with Crippen LogP contribution in [0.25, 0.3) is 0 Å². The maximum atomic E-state index is 5.71. The van der Waals surface area contributed by atoms with Gasteiger partial charge in [0.15, 0.2) is 0 Å². The highest BCUT2D eigenvalue weighted by Gasteiger charge is 2.06. The summed E-state index contributed by atoms with van der Waals surface area (Å²) in [6.45, 7) is 0.781. The number of nitrogens with zero attached hydrogens (tertiary/aromatic N) is 2. The molecule has 0 atom stereocenters. The first-order chi connectivity index (χ1) is 9.06. The average Bonchev–Trinajstić information content (AvgIpc) is 2.75. The minimum absolute atomic E-state index is 0.396. The van der Waals surface area contributed by atoms with Crippen LogP contribution < -0.4 is 11.1 Å². The maximum absolute atomic E-state index is 5.71. The number of nitrogens with two attached hydrogens (primary N) is 1. The Morgan fingerprint density at radius 3 is 2.89 bits per heavy atom. The van der Waals surface area contributed by atoms with Crippen molar-refractivity contribution in [2.24, 2.45) is 12.8 Å². The molecule has 1 aromatic heterocycles. The summed E-state index contributed by atoms with van der Waals surface area (Å²) in [5.41, 5.74) is 8.57. The van der Waals surface area contributed by atoms with E-state index in [4.69, 9.17) is 18.0 Å². The zero-order chi connectivity index (χ0) is 13.8. The Morgan fingerprint density at radius 2 is 2.26 bits per heavy atom. The van der Waals surface area contributed by atoms with Crippen molar-refractivity contribution in [2.45, 2.75) is 6.42 Å². The van der Waals surface area contributed by atoms with Crippen LogP contribution in [0.2, 0.25) is 0 Å². The fourth-order valence-corrected chi connectivity index (χ4v) is 2.34. The third-order valence-corrected chi connectivity index (χ3v) is 3.43. The Hall–Kier alpha value is -1.40. The molecular weight excluding hydrogens is 324 g/mol. The molecule has 2 rings (SSSR count). The van der Waals surface area contributed by atoms with Gasteiger partial charge in [0.2, 0.25) is 0 Å². The van der Waals surface area contributed by atoms with Crippen LogP contribution in [-0.2, 0) is 13.5 Å². The topological polar surface area (TPSA) is 55.9 Å². The maximum Gasteiger partial charge on any atom is 0.106 e. The van der Waals surface area contributed by atoms with Crippen molar-refractivity contribution in [3.05, 3.63) is 46.2 Å². The standard InChI is InChI=1S/C13H15BrN4S/c1-18-7-5-10(17-18)4-6-16-12-8-9(14)2-3-11(12)13(15)19/h2-3,5,7-8,16H,4,6H2,1H3,(H2,15,19). The molecule has 0 fully saturated rings. The number of aryl methyl sites for hydroxylation is 1. The fourth-order valence-electron chi connectivity index (χ4n) is 1.80. The molecule has 0 saturated carbocycles. The van der Waals surface area contributed by atoms with Gasteiger partial charge < -0.3 is 11.1 Å². The molecule has 19 heavy (non-hydrogen) atoms. The molecule has 0 unspecified atom stereocenters. The number of thiocarbonyl (C=S) groups is 1. The van der Waals surface area contributed by atoms with Crippen molar-refractivity contribution in [1.82, 2.24) is 9.78 Å². The molecular formula is C13H15BrN4S. The number of anilines is 1. The summed E-state index contributed by atoms with van der Waals surface area (Å²) in [5.74, 6) is 0. The van der Waals surface area contributed by atoms with Gasteiger partial charge in [-0.15, -0.1) is 0 Å². The van der Waals surface area contributed by atoms with Crippen LogP contribution in [0.15, 0.2) is 34.9 Å². The van der Waals surface area contributed by atoms with E-state index in [-0.39, 0.29) is 0 Å². The molecule has 0 spiro atoms. The number of aromatic nitrogens is 2. The highest BCUT2D eigenvalue weighted by molar-refractivity contribution is 9.10. The molecule has 0 radical (unpaired) electrons. The van der Waals surface area contributed by atoms with Crippen molar-refractivity contribution >= 4 is 38.8 Å². The van der Waals surface area contributed by atoms with Gasteiger partial charge in [0.05, 0.1) is 5.69 Å². The van der Waals surface area contributed by atoms with Crippen LogP contribution in [0.5, 0.6) is 0 Å². The lowest BCUT2D eigenvalue weighted by molar-refractivity contribution is 0.742. The summed E-state index contributed by atoms with van der Waals surface area (Å²) in [4.78, 5) is 0.396. The lowest BCUT2D eigenvalue weighted by Gasteiger charge is -2.11. The normalized spacial score (nSPS) is 10.4. The third kappa shape index (κ3) is 3.78. The van der Waals surface area contributed by atoms with Gasteiger partial charge in [-0.2, -0.15) is 5.10 Å². The van der Waals surface area contributed by atoms with Crippen LogP contribution in [0, 0.1) is 0 Å². The zero-order valence-electron chi connectivity index (χ0n) is 10.6. The Balaban J connectivity index is 2.02. The summed E-state index contributed by atoms with van der Waals surface area (Å²) in [6.07, 6.45) is 2.79. The second kappa shape index (κ2) is 6.16. The van der Waals surface area contributed by atoms with E-state index in [2.05, 4.69) is 26.3 Å². The fraction of sp³-hybridized carbons (Fsp3) is 0.231. The smallest absolute Gasteiger partial charge is 0.106 e. The predicted molar refractivity (Wildman–Crippen MR) is 85.4 cm³/mol. The van der Waals surface area contributed by atoms with Crippen molar-refractivity contribution < 1.29 is 0 Å². The highest BCUT2D eigenvalue weighted by atomic mass is 79.9. The quantitative estimate of drug-likeness (QED) is 0.822. The van der Waals surface area contributed by atoms with Crippen molar-refractivity contribution in [2.75, 3.05) is 11.9 Å². The molecule has 100 valence electrons. The highest BCUT2D eigenvalue weighted by Crippen LogP contribution is 2.21. The van der Waals surface area contributed by atoms with Crippen LogP contribution in [-0.4, -0.2) is 21.3 Å². The molecule has 2 aromatic rings. The van der Waals surface area contributed by atoms with E-state index in [0.717, 1.165) is 34.4 Å². The Bertz CT molecular complexity index is 594. The van der Waals surface area contributed by atoms with Crippen molar-refractivity contribution in [3.63, 3.8) is 0 Å². The second-order valence-electron chi connectivity index (χ2n) is 4.21. The minimum atomic E-state index is 0.396. The number of rotatable bonds is 5. The van der Waals surface area contributed by atoms with Crippen LogP contribution in [0.3, 0.4) is 0 Å². The number of hydrogen-bond donors (Lipinski definition) is 2. The molecule has 0 aliphatic carbocycles. The van der Waals surface area contributed by atoms with Crippen molar-refractivity contribution in [3.8, 4) is 0 Å². The van der Waals surface area contributed by atoms with E-state index in [1.165, 1.54) is 0 Å². The Morgan fingerprint density at radius 1 is 1.47 bits per heavy atom. The van der Waals surface area contributed by atoms with Gasteiger partial charge in [-0.05, 0) is 24.3 Å². The first-order valence-corrected chi connectivity index (χ1v) is 7.08. The summed E-state index contributed by atoms with van der Waals surface area (Å²) in [5, 5.41) is 7.68. The summed E-state index contributed by atoms with van der Waals surface area (Å²) < 4.78 is 2.79. The van der Waals surface area contributed by atoms with Crippen LogP contribution in [0.4, 0.5) is 5.69 Å². The third-order valence-electron chi connectivity index (χ3n) is 2.71. The van der Waals surface area contributed by atoms with E-state index in [9.17, 15) is 0 Å². The summed E-state index contributed by atoms with van der Waals surface area (Å²) in [7, 11) is 1.91. The molecule has 0 saturated heterocycles. The van der Waals surface area contributed by atoms with Crippen LogP contribution in [0.1, 0.15) is 11.3 Å².